The molecule has 1 saturated heterocycles. The fourth-order valence-electron chi connectivity index (χ4n) is 4.38. The highest BCUT2D eigenvalue weighted by atomic mass is 16.6. The van der Waals surface area contributed by atoms with Crippen molar-refractivity contribution in [3.8, 4) is 11.5 Å². The summed E-state index contributed by atoms with van der Waals surface area (Å²) in [6.45, 7) is 9.64. The second kappa shape index (κ2) is 10.5. The molecule has 0 aromatic heterocycles. The first kappa shape index (κ1) is 25.6. The van der Waals surface area contributed by atoms with Gasteiger partial charge in [0.15, 0.2) is 5.78 Å². The molecular formula is C26H36N2O6. The molecule has 2 aliphatic rings. The molecule has 0 radical (unpaired) electrons. The van der Waals surface area contributed by atoms with E-state index in [9.17, 15) is 14.4 Å². The van der Waals surface area contributed by atoms with Crippen molar-refractivity contribution in [2.24, 2.45) is 11.8 Å². The number of hydrogen-bond acceptors (Lipinski definition) is 6. The van der Waals surface area contributed by atoms with Crippen molar-refractivity contribution in [1.82, 2.24) is 10.2 Å². The lowest BCUT2D eigenvalue weighted by Crippen LogP contribution is -2.49. The number of ketones is 1. The Bertz CT molecular complexity index is 951. The highest BCUT2D eigenvalue weighted by Crippen LogP contribution is 2.32. The van der Waals surface area contributed by atoms with Crippen LogP contribution in [0.5, 0.6) is 11.5 Å². The van der Waals surface area contributed by atoms with Crippen LogP contribution in [-0.4, -0.2) is 54.1 Å². The number of benzene rings is 1. The summed E-state index contributed by atoms with van der Waals surface area (Å²) in [7, 11) is 1.57. The molecule has 2 heterocycles. The third-order valence-corrected chi connectivity index (χ3v) is 6.37. The van der Waals surface area contributed by atoms with Crippen molar-refractivity contribution in [2.75, 3.05) is 13.7 Å². The zero-order valence-electron chi connectivity index (χ0n) is 20.9. The predicted molar refractivity (Wildman–Crippen MR) is 129 cm³/mol. The van der Waals surface area contributed by atoms with E-state index in [0.717, 1.165) is 12.0 Å². The lowest BCUT2D eigenvalue weighted by atomic mass is 9.84. The Kier molecular flexibility index (Phi) is 7.89. The molecule has 3 rings (SSSR count). The van der Waals surface area contributed by atoms with E-state index in [0.29, 0.717) is 24.5 Å². The van der Waals surface area contributed by atoms with Crippen LogP contribution < -0.4 is 14.8 Å². The lowest BCUT2D eigenvalue weighted by molar-refractivity contribution is -0.133. The zero-order chi connectivity index (χ0) is 25.0. The van der Waals surface area contributed by atoms with Crippen LogP contribution in [0.3, 0.4) is 0 Å². The Hall–Kier alpha value is -3.03. The average Bonchev–Trinajstić information content (AvgIpc) is 3.19. The molecule has 4 atom stereocenters. The number of nitrogens with zero attached hydrogens (tertiary/aromatic N) is 1. The van der Waals surface area contributed by atoms with Crippen molar-refractivity contribution >= 4 is 23.9 Å². The maximum absolute atomic E-state index is 13.6. The summed E-state index contributed by atoms with van der Waals surface area (Å²) in [6, 6.07) is 4.50. The molecule has 8 heteroatoms. The molecule has 1 N–H and O–H groups in total. The van der Waals surface area contributed by atoms with Gasteiger partial charge in [-0.1, -0.05) is 20.3 Å². The second-order valence-electron chi connectivity index (χ2n) is 9.97. The number of likely N-dealkylation sites (tertiary alicyclic amines) is 1. The SMILES string of the molecule is CC[C@H](C)[C@@H]1CC(=O)[C@@H]2[C@H](CCN2C(=O)OC(C)(C)C)Oc2ccc(OC)c(c2)/C=C\NC1=O. The number of Topliss-reactive ketones (excluding diaryl/α,β-unsaturated/α-hetero) is 1. The summed E-state index contributed by atoms with van der Waals surface area (Å²) in [5.41, 5.74) is 0.0300. The minimum atomic E-state index is -0.839. The van der Waals surface area contributed by atoms with E-state index in [1.807, 2.05) is 13.8 Å². The van der Waals surface area contributed by atoms with Crippen molar-refractivity contribution in [3.05, 3.63) is 30.0 Å². The Morgan fingerprint density at radius 2 is 2.03 bits per heavy atom. The quantitative estimate of drug-likeness (QED) is 0.710. The average molecular weight is 473 g/mol. The Balaban J connectivity index is 2.02. The van der Waals surface area contributed by atoms with E-state index in [-0.39, 0.29) is 24.0 Å². The van der Waals surface area contributed by atoms with Crippen LogP contribution in [0, 0.1) is 11.8 Å². The van der Waals surface area contributed by atoms with Gasteiger partial charge in [-0.15, -0.1) is 0 Å². The number of carbonyl (C=O) groups is 3. The van der Waals surface area contributed by atoms with Gasteiger partial charge in [-0.05, 0) is 51.0 Å². The standard InChI is InChI=1S/C26H36N2O6/c1-7-16(2)19-15-20(29)23-22(11-13-28(23)25(31)34-26(3,4)5)33-18-8-9-21(32-6)17(14-18)10-12-27-24(19)30/h8-10,12,14,16,19,22-23H,7,11,13,15H2,1-6H3,(H,27,30)/b12-10-/t16-,19-,22-,23+/m0/s1. The molecule has 1 aromatic carbocycles. The van der Waals surface area contributed by atoms with E-state index >= 15 is 0 Å². The maximum Gasteiger partial charge on any atom is 0.411 e. The summed E-state index contributed by atoms with van der Waals surface area (Å²) < 4.78 is 17.3. The van der Waals surface area contributed by atoms with Gasteiger partial charge in [-0.25, -0.2) is 4.79 Å². The molecule has 0 spiro atoms. The smallest absolute Gasteiger partial charge is 0.411 e. The molecule has 1 aromatic rings. The van der Waals surface area contributed by atoms with Crippen molar-refractivity contribution < 1.29 is 28.6 Å². The maximum atomic E-state index is 13.6. The van der Waals surface area contributed by atoms with Crippen molar-refractivity contribution in [2.45, 2.75) is 71.6 Å². The van der Waals surface area contributed by atoms with Crippen LogP contribution >= 0.6 is 0 Å². The van der Waals surface area contributed by atoms with E-state index in [1.165, 1.54) is 4.90 Å². The van der Waals surface area contributed by atoms with Crippen LogP contribution in [0.4, 0.5) is 4.79 Å². The van der Waals surface area contributed by atoms with Gasteiger partial charge in [-0.3, -0.25) is 14.5 Å². The van der Waals surface area contributed by atoms with Crippen LogP contribution in [-0.2, 0) is 14.3 Å². The topological polar surface area (TPSA) is 94.2 Å². The van der Waals surface area contributed by atoms with Crippen molar-refractivity contribution in [1.29, 1.82) is 0 Å². The summed E-state index contributed by atoms with van der Waals surface area (Å²) in [6.07, 6.45) is 3.44. The lowest BCUT2D eigenvalue weighted by Gasteiger charge is -2.31. The van der Waals surface area contributed by atoms with Gasteiger partial charge in [0.25, 0.3) is 0 Å². The zero-order valence-corrected chi connectivity index (χ0v) is 20.9. The Labute approximate surface area is 201 Å². The molecule has 8 nitrogen and oxygen atoms in total. The molecular weight excluding hydrogens is 436 g/mol. The van der Waals surface area contributed by atoms with E-state index in [2.05, 4.69) is 5.32 Å². The van der Waals surface area contributed by atoms with Gasteiger partial charge in [0, 0.05) is 37.1 Å². The fourth-order valence-corrected chi connectivity index (χ4v) is 4.38. The second-order valence-corrected chi connectivity index (χ2v) is 9.97. The van der Waals surface area contributed by atoms with Gasteiger partial charge in [0.1, 0.15) is 29.2 Å². The number of carbonyl (C=O) groups excluding carboxylic acids is 3. The van der Waals surface area contributed by atoms with Gasteiger partial charge in [-0.2, -0.15) is 0 Å². The Morgan fingerprint density at radius 1 is 1.29 bits per heavy atom. The van der Waals surface area contributed by atoms with E-state index in [1.54, 1.807) is 58.4 Å². The van der Waals surface area contributed by atoms with Crippen LogP contribution in [0.1, 0.15) is 59.4 Å². The molecule has 0 aliphatic carbocycles. The summed E-state index contributed by atoms with van der Waals surface area (Å²) in [5.74, 6) is 0.195. The van der Waals surface area contributed by atoms with Crippen LogP contribution in [0.25, 0.3) is 6.08 Å². The molecule has 0 unspecified atom stereocenters. The number of methoxy groups -OCH3 is 1. The number of fused-ring (bicyclic) bond motifs is 3. The summed E-state index contributed by atoms with van der Waals surface area (Å²) in [5, 5.41) is 2.82. The molecule has 2 aliphatic heterocycles. The number of ether oxygens (including phenoxy) is 3. The molecule has 2 bridgehead atoms. The van der Waals surface area contributed by atoms with E-state index < -0.39 is 29.8 Å². The fraction of sp³-hybridized carbons (Fsp3) is 0.577. The first-order valence-corrected chi connectivity index (χ1v) is 11.9. The number of hydrogen-bond donors (Lipinski definition) is 1. The molecule has 0 saturated carbocycles. The van der Waals surface area contributed by atoms with Crippen LogP contribution in [0.2, 0.25) is 0 Å². The molecule has 2 amide bonds. The third-order valence-electron chi connectivity index (χ3n) is 6.37. The minimum Gasteiger partial charge on any atom is -0.496 e. The monoisotopic (exact) mass is 472 g/mol. The predicted octanol–water partition coefficient (Wildman–Crippen LogP) is 4.17. The first-order chi connectivity index (χ1) is 16.0. The Morgan fingerprint density at radius 3 is 2.68 bits per heavy atom. The summed E-state index contributed by atoms with van der Waals surface area (Å²) >= 11 is 0. The van der Waals surface area contributed by atoms with Gasteiger partial charge in [0.2, 0.25) is 5.91 Å². The van der Waals surface area contributed by atoms with Crippen molar-refractivity contribution in [3.63, 3.8) is 0 Å². The molecule has 1 fully saturated rings. The number of nitrogens with one attached hydrogen (secondary N) is 1. The summed E-state index contributed by atoms with van der Waals surface area (Å²) in [4.78, 5) is 41.1. The number of rotatable bonds is 3. The van der Waals surface area contributed by atoms with Gasteiger partial charge in [0.05, 0.1) is 7.11 Å². The van der Waals surface area contributed by atoms with E-state index in [4.69, 9.17) is 14.2 Å². The van der Waals surface area contributed by atoms with Gasteiger partial charge < -0.3 is 19.5 Å². The number of amides is 2. The van der Waals surface area contributed by atoms with Crippen LogP contribution in [0.15, 0.2) is 24.4 Å². The third kappa shape index (κ3) is 5.90. The van der Waals surface area contributed by atoms with Gasteiger partial charge >= 0.3 is 6.09 Å². The molecule has 186 valence electrons. The highest BCUT2D eigenvalue weighted by molar-refractivity contribution is 5.93. The largest absolute Gasteiger partial charge is 0.496 e. The molecule has 34 heavy (non-hydrogen) atoms. The highest BCUT2D eigenvalue weighted by Gasteiger charge is 2.46. The minimum absolute atomic E-state index is 0.0133. The normalized spacial score (nSPS) is 25.0. The first-order valence-electron chi connectivity index (χ1n) is 11.9.